The van der Waals surface area contributed by atoms with E-state index in [2.05, 4.69) is 11.0 Å². The first-order valence-electron chi connectivity index (χ1n) is 10.4. The molecule has 2 aromatic rings. The first-order valence-corrected chi connectivity index (χ1v) is 10.4. The number of benzene rings is 1. The van der Waals surface area contributed by atoms with Gasteiger partial charge in [-0.1, -0.05) is 6.07 Å². The summed E-state index contributed by atoms with van der Waals surface area (Å²) in [5.41, 5.74) is 2.87. The van der Waals surface area contributed by atoms with Crippen molar-refractivity contribution in [1.82, 2.24) is 14.8 Å². The van der Waals surface area contributed by atoms with Crippen LogP contribution in [0.25, 0.3) is 11.3 Å². The van der Waals surface area contributed by atoms with Gasteiger partial charge in [0.05, 0.1) is 12.2 Å². The number of likely N-dealkylation sites (tertiary alicyclic amines) is 2. The number of aromatic nitrogens is 1. The van der Waals surface area contributed by atoms with E-state index in [4.69, 9.17) is 4.98 Å². The highest BCUT2D eigenvalue weighted by Crippen LogP contribution is 2.28. The molecule has 148 valence electrons. The van der Waals surface area contributed by atoms with E-state index in [1.807, 2.05) is 17.0 Å². The monoisotopic (exact) mass is 381 g/mol. The fourth-order valence-corrected chi connectivity index (χ4v) is 4.34. The van der Waals surface area contributed by atoms with E-state index < -0.39 is 0 Å². The van der Waals surface area contributed by atoms with Gasteiger partial charge >= 0.3 is 0 Å². The number of amides is 1. The molecule has 0 unspecified atom stereocenters. The third-order valence-corrected chi connectivity index (χ3v) is 5.90. The maximum atomic E-state index is 13.2. The van der Waals surface area contributed by atoms with Crippen LogP contribution in [0.4, 0.5) is 4.39 Å². The van der Waals surface area contributed by atoms with E-state index in [1.54, 1.807) is 12.1 Å². The third kappa shape index (κ3) is 4.58. The van der Waals surface area contributed by atoms with Gasteiger partial charge in [-0.15, -0.1) is 0 Å². The van der Waals surface area contributed by atoms with Gasteiger partial charge in [-0.05, 0) is 75.0 Å². The summed E-state index contributed by atoms with van der Waals surface area (Å²) in [6.07, 6.45) is 5.68. The summed E-state index contributed by atoms with van der Waals surface area (Å²) < 4.78 is 13.2. The molecule has 2 aliphatic rings. The molecule has 2 saturated heterocycles. The van der Waals surface area contributed by atoms with Crippen molar-refractivity contribution in [2.24, 2.45) is 0 Å². The van der Waals surface area contributed by atoms with E-state index in [1.165, 1.54) is 18.6 Å². The van der Waals surface area contributed by atoms with Crippen LogP contribution in [0.3, 0.4) is 0 Å². The van der Waals surface area contributed by atoms with Crippen LogP contribution in [-0.2, 0) is 4.79 Å². The molecule has 28 heavy (non-hydrogen) atoms. The highest BCUT2D eigenvalue weighted by atomic mass is 19.1. The van der Waals surface area contributed by atoms with Gasteiger partial charge in [0, 0.05) is 36.8 Å². The number of carbonyl (C=O) groups excluding carboxylic acids is 1. The van der Waals surface area contributed by atoms with Crippen LogP contribution in [0.15, 0.2) is 42.5 Å². The Morgan fingerprint density at radius 1 is 1.00 bits per heavy atom. The number of hydrogen-bond donors (Lipinski definition) is 0. The summed E-state index contributed by atoms with van der Waals surface area (Å²) in [6.45, 7) is 4.20. The second-order valence-corrected chi connectivity index (χ2v) is 7.97. The molecule has 0 radical (unpaired) electrons. The molecule has 5 heteroatoms. The molecule has 3 heterocycles. The molecule has 1 amide bonds. The summed E-state index contributed by atoms with van der Waals surface area (Å²) in [6, 6.07) is 12.6. The van der Waals surface area contributed by atoms with E-state index in [-0.39, 0.29) is 11.7 Å². The van der Waals surface area contributed by atoms with E-state index >= 15 is 0 Å². The lowest BCUT2D eigenvalue weighted by Crippen LogP contribution is -2.45. The summed E-state index contributed by atoms with van der Waals surface area (Å²) in [5.74, 6) is 0.373. The average Bonchev–Trinajstić information content (AvgIpc) is 2.75. The van der Waals surface area contributed by atoms with Gasteiger partial charge in [0.2, 0.25) is 5.91 Å². The van der Waals surface area contributed by atoms with E-state index in [0.717, 1.165) is 68.8 Å². The summed E-state index contributed by atoms with van der Waals surface area (Å²) in [4.78, 5) is 21.8. The number of piperidine rings is 2. The summed E-state index contributed by atoms with van der Waals surface area (Å²) in [7, 11) is 0. The van der Waals surface area contributed by atoms with E-state index in [0.29, 0.717) is 12.5 Å². The summed E-state index contributed by atoms with van der Waals surface area (Å²) in [5, 5.41) is 0. The van der Waals surface area contributed by atoms with Crippen molar-refractivity contribution >= 4 is 5.91 Å². The minimum atomic E-state index is -0.235. The van der Waals surface area contributed by atoms with Crippen molar-refractivity contribution in [3.8, 4) is 11.3 Å². The van der Waals surface area contributed by atoms with Crippen LogP contribution in [0.5, 0.6) is 0 Å². The lowest BCUT2D eigenvalue weighted by molar-refractivity contribution is -0.133. The third-order valence-electron chi connectivity index (χ3n) is 5.90. The van der Waals surface area contributed by atoms with Gasteiger partial charge in [-0.3, -0.25) is 14.7 Å². The van der Waals surface area contributed by atoms with Gasteiger partial charge in [0.25, 0.3) is 0 Å². The molecule has 0 N–H and O–H groups in total. The molecular formula is C23H28FN3O. The Bertz CT molecular complexity index is 802. The fraction of sp³-hybridized carbons (Fsp3) is 0.478. The predicted molar refractivity (Wildman–Crippen MR) is 108 cm³/mol. The molecule has 2 fully saturated rings. The van der Waals surface area contributed by atoms with Crippen molar-refractivity contribution in [1.29, 1.82) is 0 Å². The molecular weight excluding hydrogens is 353 g/mol. The van der Waals surface area contributed by atoms with E-state index in [9.17, 15) is 9.18 Å². The van der Waals surface area contributed by atoms with Crippen LogP contribution in [0.2, 0.25) is 0 Å². The minimum absolute atomic E-state index is 0.235. The Morgan fingerprint density at radius 3 is 2.57 bits per heavy atom. The lowest BCUT2D eigenvalue weighted by Gasteiger charge is -2.34. The molecule has 0 spiro atoms. The number of nitrogens with zero attached hydrogens (tertiary/aromatic N) is 3. The zero-order chi connectivity index (χ0) is 19.3. The van der Waals surface area contributed by atoms with Gasteiger partial charge in [-0.2, -0.15) is 0 Å². The number of rotatable bonds is 4. The smallest absolute Gasteiger partial charge is 0.236 e. The molecule has 4 rings (SSSR count). The number of pyridine rings is 1. The largest absolute Gasteiger partial charge is 0.342 e. The average molecular weight is 381 g/mol. The number of halogens is 1. The molecule has 0 bridgehead atoms. The zero-order valence-corrected chi connectivity index (χ0v) is 16.3. The van der Waals surface area contributed by atoms with Crippen LogP contribution < -0.4 is 0 Å². The summed E-state index contributed by atoms with van der Waals surface area (Å²) >= 11 is 0. The van der Waals surface area contributed by atoms with Crippen LogP contribution in [0.1, 0.15) is 43.7 Å². The Hall–Kier alpha value is -2.27. The van der Waals surface area contributed by atoms with Crippen molar-refractivity contribution in [3.63, 3.8) is 0 Å². The van der Waals surface area contributed by atoms with Gasteiger partial charge in [0.15, 0.2) is 0 Å². The Morgan fingerprint density at radius 2 is 1.79 bits per heavy atom. The number of carbonyl (C=O) groups is 1. The Kier molecular flexibility index (Phi) is 6.01. The maximum absolute atomic E-state index is 13.2. The first kappa shape index (κ1) is 19.1. The van der Waals surface area contributed by atoms with Gasteiger partial charge in [0.1, 0.15) is 5.82 Å². The molecule has 1 atom stereocenters. The lowest BCUT2D eigenvalue weighted by atomic mass is 9.93. The number of hydrogen-bond acceptors (Lipinski definition) is 3. The minimum Gasteiger partial charge on any atom is -0.342 e. The fourth-order valence-electron chi connectivity index (χ4n) is 4.34. The second-order valence-electron chi connectivity index (χ2n) is 7.97. The molecule has 1 aromatic heterocycles. The first-order chi connectivity index (χ1) is 13.7. The standard InChI is InChI=1S/C23H28FN3O/c24-20-11-9-18(10-12-20)21-7-4-8-22(25-21)19-6-5-13-26(16-19)17-23(28)27-14-2-1-3-15-27/h4,7-12,19H,1-3,5-6,13-17H2/t19-/m1/s1. The quantitative estimate of drug-likeness (QED) is 0.801. The zero-order valence-electron chi connectivity index (χ0n) is 16.3. The van der Waals surface area contributed by atoms with Gasteiger partial charge in [-0.25, -0.2) is 4.39 Å². The van der Waals surface area contributed by atoms with Crippen LogP contribution in [-0.4, -0.2) is 53.4 Å². The van der Waals surface area contributed by atoms with Crippen molar-refractivity contribution in [2.75, 3.05) is 32.7 Å². The molecule has 2 aliphatic heterocycles. The molecule has 4 nitrogen and oxygen atoms in total. The second kappa shape index (κ2) is 8.82. The van der Waals surface area contributed by atoms with Crippen LogP contribution >= 0.6 is 0 Å². The Balaban J connectivity index is 1.42. The normalized spacial score (nSPS) is 20.9. The maximum Gasteiger partial charge on any atom is 0.236 e. The molecule has 0 saturated carbocycles. The Labute approximate surface area is 166 Å². The molecule has 0 aliphatic carbocycles. The molecule has 1 aromatic carbocycles. The van der Waals surface area contributed by atoms with Crippen molar-refractivity contribution in [3.05, 3.63) is 54.0 Å². The van der Waals surface area contributed by atoms with Crippen molar-refractivity contribution in [2.45, 2.75) is 38.0 Å². The van der Waals surface area contributed by atoms with Crippen molar-refractivity contribution < 1.29 is 9.18 Å². The highest BCUT2D eigenvalue weighted by molar-refractivity contribution is 5.78. The SMILES string of the molecule is O=C(CN1CCC[C@@H](c2cccc(-c3ccc(F)cc3)n2)C1)N1CCCCC1. The van der Waals surface area contributed by atoms with Crippen LogP contribution in [0, 0.1) is 5.82 Å². The topological polar surface area (TPSA) is 36.4 Å². The van der Waals surface area contributed by atoms with Gasteiger partial charge < -0.3 is 4.90 Å². The predicted octanol–water partition coefficient (Wildman–Crippen LogP) is 4.08. The highest BCUT2D eigenvalue weighted by Gasteiger charge is 2.26.